The van der Waals surface area contributed by atoms with E-state index in [-0.39, 0.29) is 24.0 Å². The van der Waals surface area contributed by atoms with Gasteiger partial charge in [-0.25, -0.2) is 18.1 Å². The van der Waals surface area contributed by atoms with Gasteiger partial charge in [0.2, 0.25) is 15.9 Å². The second-order valence-corrected chi connectivity index (χ2v) is 6.83. The second kappa shape index (κ2) is 6.00. The van der Waals surface area contributed by atoms with Crippen LogP contribution in [0.4, 0.5) is 0 Å². The molecule has 116 valence electrons. The van der Waals surface area contributed by atoms with Crippen molar-refractivity contribution >= 4 is 10.0 Å². The topological polar surface area (TPSA) is 103 Å². The molecule has 2 heterocycles. The molecule has 0 unspecified atom stereocenters. The molecule has 21 heavy (non-hydrogen) atoms. The van der Waals surface area contributed by atoms with E-state index in [0.29, 0.717) is 11.7 Å². The van der Waals surface area contributed by atoms with Gasteiger partial charge in [-0.3, -0.25) is 0 Å². The summed E-state index contributed by atoms with van der Waals surface area (Å²) in [4.78, 5) is 4.16. The van der Waals surface area contributed by atoms with Gasteiger partial charge in [-0.1, -0.05) is 0 Å². The minimum Gasteiger partial charge on any atom is -0.445 e. The molecule has 0 amide bonds. The fourth-order valence-electron chi connectivity index (χ4n) is 2.01. The van der Waals surface area contributed by atoms with Crippen LogP contribution in [0.3, 0.4) is 0 Å². The summed E-state index contributed by atoms with van der Waals surface area (Å²) >= 11 is 0. The lowest BCUT2D eigenvalue weighted by molar-refractivity contribution is 0.463. The zero-order valence-corrected chi connectivity index (χ0v) is 13.1. The first-order valence-corrected chi connectivity index (χ1v) is 8.13. The highest BCUT2D eigenvalue weighted by Crippen LogP contribution is 2.18. The number of nitrogens with two attached hydrogens (primary N) is 1. The lowest BCUT2D eigenvalue weighted by Crippen LogP contribution is -2.23. The summed E-state index contributed by atoms with van der Waals surface area (Å²) in [5, 5.41) is 0. The predicted molar refractivity (Wildman–Crippen MR) is 78.0 cm³/mol. The van der Waals surface area contributed by atoms with Gasteiger partial charge in [-0.05, 0) is 26.8 Å². The molecule has 2 aromatic rings. The van der Waals surface area contributed by atoms with E-state index in [2.05, 4.69) is 9.71 Å². The van der Waals surface area contributed by atoms with Gasteiger partial charge in [-0.15, -0.1) is 0 Å². The average molecular weight is 312 g/mol. The molecular formula is C13H20N4O3S. The summed E-state index contributed by atoms with van der Waals surface area (Å²) in [6.07, 6.45) is 3.14. The van der Waals surface area contributed by atoms with E-state index < -0.39 is 10.0 Å². The van der Waals surface area contributed by atoms with E-state index in [1.165, 1.54) is 0 Å². The first kappa shape index (κ1) is 15.7. The number of aryl methyl sites for hydroxylation is 1. The molecule has 0 aliphatic carbocycles. The van der Waals surface area contributed by atoms with Crippen LogP contribution in [-0.4, -0.2) is 18.0 Å². The lowest BCUT2D eigenvalue weighted by atomic mass is 10.3. The maximum atomic E-state index is 12.3. The third-order valence-electron chi connectivity index (χ3n) is 3.07. The summed E-state index contributed by atoms with van der Waals surface area (Å²) in [7, 11) is -3.62. The molecule has 0 bridgehead atoms. The quantitative estimate of drug-likeness (QED) is 0.837. The SMILES string of the molecule is Cc1cnc(CNS(=O)(=O)c2cc(CN)n(C(C)C)c2)o1. The molecule has 3 N–H and O–H groups in total. The Morgan fingerprint density at radius 1 is 1.48 bits per heavy atom. The maximum absolute atomic E-state index is 12.3. The molecule has 2 rings (SSSR count). The fraction of sp³-hybridized carbons (Fsp3) is 0.462. The summed E-state index contributed by atoms with van der Waals surface area (Å²) < 4.78 is 34.1. The maximum Gasteiger partial charge on any atom is 0.242 e. The van der Waals surface area contributed by atoms with Gasteiger partial charge in [-0.2, -0.15) is 0 Å². The molecule has 0 aliphatic rings. The van der Waals surface area contributed by atoms with E-state index in [9.17, 15) is 8.42 Å². The van der Waals surface area contributed by atoms with Gasteiger partial charge in [0.15, 0.2) is 0 Å². The van der Waals surface area contributed by atoms with E-state index in [1.54, 1.807) is 25.4 Å². The largest absolute Gasteiger partial charge is 0.445 e. The number of aromatic nitrogens is 2. The Labute approximate surface area is 124 Å². The van der Waals surface area contributed by atoms with Crippen molar-refractivity contribution in [2.24, 2.45) is 5.73 Å². The van der Waals surface area contributed by atoms with Crippen LogP contribution in [0.2, 0.25) is 0 Å². The molecular weight excluding hydrogens is 292 g/mol. The van der Waals surface area contributed by atoms with E-state index in [4.69, 9.17) is 10.2 Å². The molecule has 0 aromatic carbocycles. The molecule has 7 nitrogen and oxygen atoms in total. The number of nitrogens with zero attached hydrogens (tertiary/aromatic N) is 2. The van der Waals surface area contributed by atoms with Gasteiger partial charge in [0, 0.05) is 24.5 Å². The van der Waals surface area contributed by atoms with Crippen LogP contribution in [0.15, 0.2) is 27.8 Å². The Morgan fingerprint density at radius 2 is 2.19 bits per heavy atom. The number of rotatable bonds is 6. The smallest absolute Gasteiger partial charge is 0.242 e. The first-order valence-electron chi connectivity index (χ1n) is 6.65. The van der Waals surface area contributed by atoms with Crippen LogP contribution in [-0.2, 0) is 23.1 Å². The van der Waals surface area contributed by atoms with Crippen molar-refractivity contribution < 1.29 is 12.8 Å². The lowest BCUT2D eigenvalue weighted by Gasteiger charge is -2.10. The van der Waals surface area contributed by atoms with E-state index >= 15 is 0 Å². The van der Waals surface area contributed by atoms with Crippen molar-refractivity contribution in [3.63, 3.8) is 0 Å². The Bertz CT molecular complexity index is 716. The first-order chi connectivity index (χ1) is 9.83. The third-order valence-corrected chi connectivity index (χ3v) is 4.43. The highest BCUT2D eigenvalue weighted by atomic mass is 32.2. The molecule has 0 spiro atoms. The van der Waals surface area contributed by atoms with Crippen molar-refractivity contribution in [1.29, 1.82) is 0 Å². The van der Waals surface area contributed by atoms with Crippen LogP contribution >= 0.6 is 0 Å². The minimum absolute atomic E-state index is 0.0149. The second-order valence-electron chi connectivity index (χ2n) is 5.06. The molecule has 0 saturated carbocycles. The fourth-order valence-corrected chi connectivity index (χ4v) is 3.03. The van der Waals surface area contributed by atoms with Crippen molar-refractivity contribution in [3.05, 3.63) is 35.8 Å². The summed E-state index contributed by atoms with van der Waals surface area (Å²) in [5.74, 6) is 0.971. The number of hydrogen-bond donors (Lipinski definition) is 2. The van der Waals surface area contributed by atoms with E-state index in [1.807, 2.05) is 18.4 Å². The predicted octanol–water partition coefficient (Wildman–Crippen LogP) is 1.30. The minimum atomic E-state index is -3.62. The normalized spacial score (nSPS) is 12.2. The summed E-state index contributed by atoms with van der Waals surface area (Å²) in [6.45, 7) is 5.99. The van der Waals surface area contributed by atoms with Gasteiger partial charge >= 0.3 is 0 Å². The highest BCUT2D eigenvalue weighted by molar-refractivity contribution is 7.89. The third kappa shape index (κ3) is 3.52. The van der Waals surface area contributed by atoms with Crippen LogP contribution in [0.5, 0.6) is 0 Å². The van der Waals surface area contributed by atoms with Crippen molar-refractivity contribution in [3.8, 4) is 0 Å². The number of oxazole rings is 1. The van der Waals surface area contributed by atoms with Crippen LogP contribution in [0.1, 0.15) is 37.2 Å². The number of sulfonamides is 1. The average Bonchev–Trinajstić information content (AvgIpc) is 3.02. The van der Waals surface area contributed by atoms with Crippen molar-refractivity contribution in [1.82, 2.24) is 14.3 Å². The van der Waals surface area contributed by atoms with Crippen molar-refractivity contribution in [2.45, 2.75) is 44.8 Å². The number of hydrogen-bond acceptors (Lipinski definition) is 5. The summed E-state index contributed by atoms with van der Waals surface area (Å²) in [6, 6.07) is 1.73. The highest BCUT2D eigenvalue weighted by Gasteiger charge is 2.19. The monoisotopic (exact) mass is 312 g/mol. The zero-order valence-electron chi connectivity index (χ0n) is 12.3. The van der Waals surface area contributed by atoms with Gasteiger partial charge < -0.3 is 14.7 Å². The zero-order chi connectivity index (χ0) is 15.6. The summed E-state index contributed by atoms with van der Waals surface area (Å²) in [5.41, 5.74) is 6.43. The molecule has 8 heteroatoms. The molecule has 0 aliphatic heterocycles. The standard InChI is InChI=1S/C13H20N4O3S/c1-9(2)17-8-12(4-11(17)5-14)21(18,19)16-7-13-15-6-10(3)20-13/h4,6,8-9,16H,5,7,14H2,1-3H3. The molecule has 0 radical (unpaired) electrons. The van der Waals surface area contributed by atoms with Gasteiger partial charge in [0.25, 0.3) is 0 Å². The Hall–Kier alpha value is -1.64. The van der Waals surface area contributed by atoms with Gasteiger partial charge in [0.1, 0.15) is 5.76 Å². The van der Waals surface area contributed by atoms with Crippen LogP contribution in [0.25, 0.3) is 0 Å². The molecule has 2 aromatic heterocycles. The Balaban J connectivity index is 2.19. The van der Waals surface area contributed by atoms with E-state index in [0.717, 1.165) is 5.69 Å². The van der Waals surface area contributed by atoms with Gasteiger partial charge in [0.05, 0.1) is 17.6 Å². The van der Waals surface area contributed by atoms with Crippen LogP contribution in [0, 0.1) is 6.92 Å². The number of nitrogens with one attached hydrogen (secondary N) is 1. The Morgan fingerprint density at radius 3 is 2.67 bits per heavy atom. The van der Waals surface area contributed by atoms with Crippen LogP contribution < -0.4 is 10.5 Å². The van der Waals surface area contributed by atoms with Crippen molar-refractivity contribution in [2.75, 3.05) is 0 Å². The Kier molecular flexibility index (Phi) is 4.50. The molecule has 0 fully saturated rings. The molecule has 0 saturated heterocycles. The molecule has 0 atom stereocenters.